The molecule has 1 heterocycles. The van der Waals surface area contributed by atoms with Gasteiger partial charge in [0.15, 0.2) is 0 Å². The Balaban J connectivity index is 1.69. The highest BCUT2D eigenvalue weighted by atomic mass is 32.1. The average Bonchev–Trinajstić information content (AvgIpc) is 3.32. The van der Waals surface area contributed by atoms with Crippen molar-refractivity contribution >= 4 is 16.9 Å². The third-order valence-electron chi connectivity index (χ3n) is 6.00. The lowest BCUT2D eigenvalue weighted by Crippen LogP contribution is -2.03. The standard InChI is InChI=1S/C25H34O2S/c1-3-4-5-6-24(27)19-8-10-20(11-9-19)25-21(12-13-22(25)17-26)14-16-23-15-7-18(2)28-23/h7-11,15,21,24,26-27H,3-6,12-14,16-17H2,1-2H3/t21-,24?/m1/s1. The van der Waals surface area contributed by atoms with Crippen LogP contribution in [-0.4, -0.2) is 16.8 Å². The number of thiophene rings is 1. The third kappa shape index (κ3) is 5.34. The van der Waals surface area contributed by atoms with Gasteiger partial charge in [0.1, 0.15) is 0 Å². The summed E-state index contributed by atoms with van der Waals surface area (Å²) in [6.07, 6.45) is 8.28. The molecule has 0 fully saturated rings. The van der Waals surface area contributed by atoms with E-state index in [1.54, 1.807) is 0 Å². The minimum absolute atomic E-state index is 0.158. The van der Waals surface area contributed by atoms with Crippen LogP contribution in [0.4, 0.5) is 0 Å². The van der Waals surface area contributed by atoms with Crippen LogP contribution in [0.2, 0.25) is 0 Å². The molecule has 1 aliphatic rings. The molecule has 0 bridgehead atoms. The summed E-state index contributed by atoms with van der Waals surface area (Å²) in [5.41, 5.74) is 4.78. The Kier molecular flexibility index (Phi) is 7.90. The van der Waals surface area contributed by atoms with Crippen molar-refractivity contribution in [2.45, 2.75) is 71.3 Å². The van der Waals surface area contributed by atoms with Crippen molar-refractivity contribution in [3.05, 3.63) is 62.9 Å². The zero-order valence-electron chi connectivity index (χ0n) is 17.3. The second-order valence-electron chi connectivity index (χ2n) is 8.10. The van der Waals surface area contributed by atoms with E-state index >= 15 is 0 Å². The minimum Gasteiger partial charge on any atom is -0.392 e. The van der Waals surface area contributed by atoms with Crippen molar-refractivity contribution in [3.8, 4) is 0 Å². The Morgan fingerprint density at radius 3 is 2.54 bits per heavy atom. The highest BCUT2D eigenvalue weighted by molar-refractivity contribution is 7.11. The Bertz CT molecular complexity index is 772. The van der Waals surface area contributed by atoms with Crippen molar-refractivity contribution in [3.63, 3.8) is 0 Å². The van der Waals surface area contributed by atoms with Crippen LogP contribution in [0.3, 0.4) is 0 Å². The van der Waals surface area contributed by atoms with Crippen LogP contribution < -0.4 is 0 Å². The Morgan fingerprint density at radius 1 is 1.11 bits per heavy atom. The molecular formula is C25H34O2S. The summed E-state index contributed by atoms with van der Waals surface area (Å²) >= 11 is 1.89. The fourth-order valence-electron chi connectivity index (χ4n) is 4.38. The summed E-state index contributed by atoms with van der Waals surface area (Å²) in [6, 6.07) is 12.9. The summed E-state index contributed by atoms with van der Waals surface area (Å²) in [5, 5.41) is 20.3. The molecular weight excluding hydrogens is 364 g/mol. The van der Waals surface area contributed by atoms with Crippen molar-refractivity contribution < 1.29 is 10.2 Å². The first-order chi connectivity index (χ1) is 13.6. The molecule has 0 saturated heterocycles. The molecule has 1 aliphatic carbocycles. The van der Waals surface area contributed by atoms with E-state index in [0.717, 1.165) is 44.1 Å². The number of aliphatic hydroxyl groups is 2. The van der Waals surface area contributed by atoms with Crippen LogP contribution in [0, 0.1) is 12.8 Å². The van der Waals surface area contributed by atoms with E-state index in [4.69, 9.17) is 0 Å². The van der Waals surface area contributed by atoms with Crippen LogP contribution in [0.1, 0.15) is 78.9 Å². The zero-order valence-corrected chi connectivity index (χ0v) is 18.1. The topological polar surface area (TPSA) is 40.5 Å². The van der Waals surface area contributed by atoms with Gasteiger partial charge >= 0.3 is 0 Å². The average molecular weight is 399 g/mol. The van der Waals surface area contributed by atoms with Gasteiger partial charge in [-0.1, -0.05) is 50.5 Å². The number of rotatable bonds is 10. The summed E-state index contributed by atoms with van der Waals surface area (Å²) in [7, 11) is 0. The molecule has 0 spiro atoms. The fourth-order valence-corrected chi connectivity index (χ4v) is 5.29. The molecule has 0 amide bonds. The normalized spacial score (nSPS) is 18.1. The second kappa shape index (κ2) is 10.4. The summed E-state index contributed by atoms with van der Waals surface area (Å²) in [5.74, 6) is 0.518. The highest BCUT2D eigenvalue weighted by Crippen LogP contribution is 2.41. The number of aliphatic hydroxyl groups excluding tert-OH is 2. The lowest BCUT2D eigenvalue weighted by molar-refractivity contribution is 0.163. The third-order valence-corrected chi connectivity index (χ3v) is 7.06. The van der Waals surface area contributed by atoms with Crippen LogP contribution in [0.5, 0.6) is 0 Å². The van der Waals surface area contributed by atoms with E-state index in [2.05, 4.69) is 50.2 Å². The van der Waals surface area contributed by atoms with Gasteiger partial charge in [0.05, 0.1) is 12.7 Å². The van der Waals surface area contributed by atoms with E-state index in [-0.39, 0.29) is 12.7 Å². The van der Waals surface area contributed by atoms with E-state index in [0.29, 0.717) is 5.92 Å². The SMILES string of the molecule is CCCCCC(O)c1ccc(C2=C(CO)CC[C@@H]2CCc2ccc(C)s2)cc1. The van der Waals surface area contributed by atoms with E-state index in [9.17, 15) is 10.2 Å². The lowest BCUT2D eigenvalue weighted by atomic mass is 9.89. The first-order valence-corrected chi connectivity index (χ1v) is 11.6. The van der Waals surface area contributed by atoms with Gasteiger partial charge in [0.2, 0.25) is 0 Å². The molecule has 3 heteroatoms. The smallest absolute Gasteiger partial charge is 0.0790 e. The molecule has 1 aromatic heterocycles. The molecule has 2 nitrogen and oxygen atoms in total. The number of aryl methyl sites for hydroxylation is 2. The molecule has 2 N–H and O–H groups in total. The molecule has 28 heavy (non-hydrogen) atoms. The number of allylic oxidation sites excluding steroid dienone is 1. The highest BCUT2D eigenvalue weighted by Gasteiger charge is 2.26. The molecule has 0 radical (unpaired) electrons. The van der Waals surface area contributed by atoms with Gasteiger partial charge in [-0.05, 0) is 79.4 Å². The van der Waals surface area contributed by atoms with Crippen molar-refractivity contribution in [1.29, 1.82) is 0 Å². The second-order valence-corrected chi connectivity index (χ2v) is 9.47. The summed E-state index contributed by atoms with van der Waals surface area (Å²) in [6.45, 7) is 4.51. The van der Waals surface area contributed by atoms with Crippen LogP contribution in [0.15, 0.2) is 42.0 Å². The van der Waals surface area contributed by atoms with Gasteiger partial charge < -0.3 is 10.2 Å². The van der Waals surface area contributed by atoms with Gasteiger partial charge in [-0.25, -0.2) is 0 Å². The molecule has 1 unspecified atom stereocenters. The van der Waals surface area contributed by atoms with Gasteiger partial charge in [-0.3, -0.25) is 0 Å². The van der Waals surface area contributed by atoms with E-state index in [1.807, 2.05) is 11.3 Å². The molecule has 2 atom stereocenters. The molecule has 0 saturated carbocycles. The summed E-state index contributed by atoms with van der Waals surface area (Å²) < 4.78 is 0. The number of hydrogen-bond donors (Lipinski definition) is 2. The maximum Gasteiger partial charge on any atom is 0.0790 e. The predicted molar refractivity (Wildman–Crippen MR) is 120 cm³/mol. The number of benzene rings is 1. The van der Waals surface area contributed by atoms with Gasteiger partial charge in [0, 0.05) is 9.75 Å². The first-order valence-electron chi connectivity index (χ1n) is 10.8. The van der Waals surface area contributed by atoms with Gasteiger partial charge in [-0.2, -0.15) is 0 Å². The van der Waals surface area contributed by atoms with Gasteiger partial charge in [-0.15, -0.1) is 11.3 Å². The predicted octanol–water partition coefficient (Wildman–Crippen LogP) is 6.46. The van der Waals surface area contributed by atoms with Crippen LogP contribution in [-0.2, 0) is 6.42 Å². The Labute approximate surface area is 173 Å². The molecule has 152 valence electrons. The number of hydrogen-bond acceptors (Lipinski definition) is 3. The van der Waals surface area contributed by atoms with E-state index in [1.165, 1.54) is 39.3 Å². The summed E-state index contributed by atoms with van der Waals surface area (Å²) in [4.78, 5) is 2.83. The van der Waals surface area contributed by atoms with Crippen LogP contribution in [0.25, 0.3) is 5.57 Å². The fraction of sp³-hybridized carbons (Fsp3) is 0.520. The number of unbranched alkanes of at least 4 members (excludes halogenated alkanes) is 2. The van der Waals surface area contributed by atoms with Crippen molar-refractivity contribution in [1.82, 2.24) is 0 Å². The zero-order chi connectivity index (χ0) is 19.9. The Hall–Kier alpha value is -1.42. The molecule has 2 aromatic rings. The molecule has 3 rings (SSSR count). The first kappa shape index (κ1) is 21.3. The monoisotopic (exact) mass is 398 g/mol. The largest absolute Gasteiger partial charge is 0.392 e. The van der Waals surface area contributed by atoms with Crippen molar-refractivity contribution in [2.24, 2.45) is 5.92 Å². The van der Waals surface area contributed by atoms with Crippen molar-refractivity contribution in [2.75, 3.05) is 6.61 Å². The minimum atomic E-state index is -0.367. The maximum absolute atomic E-state index is 10.4. The van der Waals surface area contributed by atoms with E-state index < -0.39 is 0 Å². The van der Waals surface area contributed by atoms with Gasteiger partial charge in [0.25, 0.3) is 0 Å². The quantitative estimate of drug-likeness (QED) is 0.451. The Morgan fingerprint density at radius 2 is 1.89 bits per heavy atom. The molecule has 1 aromatic carbocycles. The molecule has 0 aliphatic heterocycles. The maximum atomic E-state index is 10.4. The lowest BCUT2D eigenvalue weighted by Gasteiger charge is -2.17. The van der Waals surface area contributed by atoms with Crippen LogP contribution >= 0.6 is 11.3 Å².